The third-order valence-electron chi connectivity index (χ3n) is 3.73. The van der Waals surface area contributed by atoms with Crippen LogP contribution in [0.5, 0.6) is 0 Å². The van der Waals surface area contributed by atoms with E-state index in [1.54, 1.807) is 24.3 Å². The SMILES string of the molecule is O=C(NCc1c[n+]2ccsc2n1CCCS(=O)(=O)O)c1ccccc1. The normalized spacial score (nSPS) is 11.7. The Morgan fingerprint density at radius 1 is 1.28 bits per heavy atom. The van der Waals surface area contributed by atoms with Crippen LogP contribution >= 0.6 is 11.3 Å². The van der Waals surface area contributed by atoms with Crippen molar-refractivity contribution in [2.75, 3.05) is 5.75 Å². The van der Waals surface area contributed by atoms with Gasteiger partial charge in [0.05, 0.1) is 18.8 Å². The van der Waals surface area contributed by atoms with E-state index in [-0.39, 0.29) is 11.7 Å². The number of benzene rings is 1. The molecule has 132 valence electrons. The maximum Gasteiger partial charge on any atom is 0.345 e. The number of fused-ring (bicyclic) bond motifs is 1. The summed E-state index contributed by atoms with van der Waals surface area (Å²) in [6, 6.07) is 8.95. The Bertz CT molecular complexity index is 977. The first kappa shape index (κ1) is 17.6. The summed E-state index contributed by atoms with van der Waals surface area (Å²) in [6.07, 6.45) is 4.10. The minimum Gasteiger partial charge on any atom is -0.344 e. The lowest BCUT2D eigenvalue weighted by atomic mass is 10.2. The molecule has 2 aromatic heterocycles. The van der Waals surface area contributed by atoms with Crippen molar-refractivity contribution in [1.29, 1.82) is 0 Å². The van der Waals surface area contributed by atoms with Crippen LogP contribution in [-0.4, -0.2) is 29.2 Å². The van der Waals surface area contributed by atoms with Gasteiger partial charge in [-0.25, -0.2) is 4.57 Å². The second kappa shape index (κ2) is 7.34. The highest BCUT2D eigenvalue weighted by Crippen LogP contribution is 2.13. The first-order chi connectivity index (χ1) is 11.9. The van der Waals surface area contributed by atoms with Crippen LogP contribution in [0.25, 0.3) is 4.96 Å². The number of amides is 1. The lowest BCUT2D eigenvalue weighted by Gasteiger charge is -2.05. The minimum absolute atomic E-state index is 0.167. The number of carbonyl (C=O) groups excluding carboxylic acids is 1. The summed E-state index contributed by atoms with van der Waals surface area (Å²) < 4.78 is 34.6. The topological polar surface area (TPSA) is 92.5 Å². The largest absolute Gasteiger partial charge is 0.345 e. The molecule has 0 atom stereocenters. The Balaban J connectivity index is 1.73. The molecule has 0 aliphatic rings. The molecular formula is C16H18N3O4S2+. The van der Waals surface area contributed by atoms with Gasteiger partial charge in [-0.1, -0.05) is 29.5 Å². The van der Waals surface area contributed by atoms with Gasteiger partial charge in [-0.15, -0.1) is 0 Å². The van der Waals surface area contributed by atoms with Crippen LogP contribution in [0.4, 0.5) is 0 Å². The van der Waals surface area contributed by atoms with E-state index < -0.39 is 10.1 Å². The molecule has 0 fully saturated rings. The Kier molecular flexibility index (Phi) is 5.16. The first-order valence-electron chi connectivity index (χ1n) is 7.69. The first-order valence-corrected chi connectivity index (χ1v) is 10.2. The van der Waals surface area contributed by atoms with Crippen molar-refractivity contribution in [2.45, 2.75) is 19.5 Å². The molecule has 0 aliphatic carbocycles. The smallest absolute Gasteiger partial charge is 0.344 e. The highest BCUT2D eigenvalue weighted by Gasteiger charge is 2.20. The Labute approximate surface area is 149 Å². The summed E-state index contributed by atoms with van der Waals surface area (Å²) >= 11 is 1.52. The fraction of sp³-hybridized carbons (Fsp3) is 0.250. The number of aromatic nitrogens is 2. The molecule has 0 aliphatic heterocycles. The Morgan fingerprint density at radius 3 is 2.76 bits per heavy atom. The van der Waals surface area contributed by atoms with E-state index in [1.165, 1.54) is 11.3 Å². The van der Waals surface area contributed by atoms with Crippen molar-refractivity contribution in [1.82, 2.24) is 9.88 Å². The molecule has 0 unspecified atom stereocenters. The van der Waals surface area contributed by atoms with E-state index in [0.717, 1.165) is 10.7 Å². The van der Waals surface area contributed by atoms with E-state index in [4.69, 9.17) is 4.55 Å². The highest BCUT2D eigenvalue weighted by molar-refractivity contribution is 7.85. The van der Waals surface area contributed by atoms with Gasteiger partial charge in [-0.2, -0.15) is 12.8 Å². The third kappa shape index (κ3) is 4.44. The molecule has 3 rings (SSSR count). The number of rotatable bonds is 7. The van der Waals surface area contributed by atoms with Gasteiger partial charge >= 0.3 is 4.96 Å². The van der Waals surface area contributed by atoms with Crippen LogP contribution in [0.3, 0.4) is 0 Å². The number of hydrogen-bond donors (Lipinski definition) is 2. The average Bonchev–Trinajstić information content (AvgIpc) is 3.14. The molecule has 9 heteroatoms. The van der Waals surface area contributed by atoms with Gasteiger partial charge in [-0.3, -0.25) is 9.35 Å². The molecule has 2 N–H and O–H groups in total. The van der Waals surface area contributed by atoms with E-state index in [9.17, 15) is 13.2 Å². The molecule has 7 nitrogen and oxygen atoms in total. The van der Waals surface area contributed by atoms with Crippen molar-refractivity contribution in [3.63, 3.8) is 0 Å². The van der Waals surface area contributed by atoms with E-state index in [0.29, 0.717) is 25.1 Å². The second-order valence-electron chi connectivity index (χ2n) is 5.55. The van der Waals surface area contributed by atoms with Gasteiger partial charge in [0, 0.05) is 17.4 Å². The van der Waals surface area contributed by atoms with Gasteiger partial charge in [0.25, 0.3) is 16.0 Å². The number of hydrogen-bond acceptors (Lipinski definition) is 4. The number of nitrogens with zero attached hydrogens (tertiary/aromatic N) is 2. The number of carbonyl (C=O) groups is 1. The van der Waals surface area contributed by atoms with Crippen LogP contribution in [0.2, 0.25) is 0 Å². The predicted octanol–water partition coefficient (Wildman–Crippen LogP) is 1.50. The van der Waals surface area contributed by atoms with Gasteiger partial charge < -0.3 is 5.32 Å². The zero-order valence-electron chi connectivity index (χ0n) is 13.3. The fourth-order valence-electron chi connectivity index (χ4n) is 2.58. The lowest BCUT2D eigenvalue weighted by molar-refractivity contribution is -0.506. The van der Waals surface area contributed by atoms with Crippen molar-refractivity contribution in [3.8, 4) is 0 Å². The fourth-order valence-corrected chi connectivity index (χ4v) is 3.96. The van der Waals surface area contributed by atoms with Gasteiger partial charge in [0.15, 0.2) is 5.69 Å². The standard InChI is InChI=1S/C16H17N3O4S2/c20-15(13-5-2-1-3-6-13)17-11-14-12-18-8-9-24-16(18)19(14)7-4-10-25(21,22)23/h1-3,5-6,8-9,12H,4,7,10-11H2,(H-,17,20,21,22,23)/p+1. The molecule has 0 saturated carbocycles. The summed E-state index contributed by atoms with van der Waals surface area (Å²) in [5.41, 5.74) is 1.45. The van der Waals surface area contributed by atoms with Crippen LogP contribution in [0.15, 0.2) is 48.1 Å². The van der Waals surface area contributed by atoms with E-state index >= 15 is 0 Å². The minimum atomic E-state index is -3.98. The second-order valence-corrected chi connectivity index (χ2v) is 8.00. The van der Waals surface area contributed by atoms with Crippen molar-refractivity contribution >= 4 is 32.3 Å². The summed E-state index contributed by atoms with van der Waals surface area (Å²) in [5, 5.41) is 4.81. The van der Waals surface area contributed by atoms with Gasteiger partial charge in [0.2, 0.25) is 0 Å². The summed E-state index contributed by atoms with van der Waals surface area (Å²) in [7, 11) is -3.98. The maximum absolute atomic E-state index is 12.2. The number of imidazole rings is 1. The van der Waals surface area contributed by atoms with Crippen molar-refractivity contribution in [2.24, 2.45) is 0 Å². The summed E-state index contributed by atoms with van der Waals surface area (Å²) in [6.45, 7) is 0.765. The molecule has 0 radical (unpaired) electrons. The summed E-state index contributed by atoms with van der Waals surface area (Å²) in [5.74, 6) is -0.460. The number of thiazole rings is 1. The van der Waals surface area contributed by atoms with Crippen molar-refractivity contribution < 1.29 is 22.2 Å². The molecular weight excluding hydrogens is 362 g/mol. The predicted molar refractivity (Wildman–Crippen MR) is 94.1 cm³/mol. The summed E-state index contributed by atoms with van der Waals surface area (Å²) in [4.78, 5) is 13.1. The molecule has 0 saturated heterocycles. The van der Waals surface area contributed by atoms with Crippen LogP contribution in [0, 0.1) is 0 Å². The maximum atomic E-state index is 12.2. The quantitative estimate of drug-likeness (QED) is 0.480. The molecule has 0 spiro atoms. The molecule has 1 aromatic carbocycles. The van der Waals surface area contributed by atoms with E-state index in [2.05, 4.69) is 5.32 Å². The zero-order chi connectivity index (χ0) is 17.9. The molecule has 0 bridgehead atoms. The number of nitrogens with one attached hydrogen (secondary N) is 1. The van der Waals surface area contributed by atoms with Crippen molar-refractivity contribution in [3.05, 3.63) is 59.4 Å². The molecule has 1 amide bonds. The average molecular weight is 380 g/mol. The third-order valence-corrected chi connectivity index (χ3v) is 5.44. The van der Waals surface area contributed by atoms with Crippen LogP contribution in [-0.2, 0) is 23.2 Å². The van der Waals surface area contributed by atoms with Crippen LogP contribution < -0.4 is 9.72 Å². The lowest BCUT2D eigenvalue weighted by Crippen LogP contribution is -2.24. The van der Waals surface area contributed by atoms with Gasteiger partial charge in [0.1, 0.15) is 12.4 Å². The van der Waals surface area contributed by atoms with Crippen LogP contribution in [0.1, 0.15) is 22.5 Å². The zero-order valence-corrected chi connectivity index (χ0v) is 15.0. The molecule has 2 heterocycles. The molecule has 3 aromatic rings. The highest BCUT2D eigenvalue weighted by atomic mass is 32.2. The van der Waals surface area contributed by atoms with Gasteiger partial charge in [-0.05, 0) is 12.1 Å². The number of aryl methyl sites for hydroxylation is 1. The molecule has 25 heavy (non-hydrogen) atoms. The Hall–Kier alpha value is -2.23. The van der Waals surface area contributed by atoms with E-state index in [1.807, 2.05) is 32.8 Å². The monoisotopic (exact) mass is 380 g/mol. The Morgan fingerprint density at radius 2 is 2.04 bits per heavy atom.